The topological polar surface area (TPSA) is 59.2 Å². The van der Waals surface area contributed by atoms with Crippen molar-refractivity contribution in [3.63, 3.8) is 0 Å². The number of rotatable bonds is 3. The summed E-state index contributed by atoms with van der Waals surface area (Å²) in [6, 6.07) is 16.0. The normalized spacial score (nSPS) is 16.2. The van der Waals surface area contributed by atoms with E-state index in [1.165, 1.54) is 5.01 Å². The molecule has 6 nitrogen and oxygen atoms in total. The molecule has 1 amide bonds. The van der Waals surface area contributed by atoms with Crippen LogP contribution in [0.1, 0.15) is 18.4 Å². The lowest BCUT2D eigenvalue weighted by molar-refractivity contribution is 0.123. The zero-order valence-corrected chi connectivity index (χ0v) is 14.3. The van der Waals surface area contributed by atoms with Gasteiger partial charge in [0.15, 0.2) is 0 Å². The molecule has 4 rings (SSSR count). The van der Waals surface area contributed by atoms with Gasteiger partial charge in [-0.05, 0) is 19.1 Å². The van der Waals surface area contributed by atoms with E-state index >= 15 is 0 Å². The van der Waals surface area contributed by atoms with Crippen LogP contribution in [-0.4, -0.2) is 33.5 Å². The molecule has 0 aliphatic carbocycles. The predicted octanol–water partition coefficient (Wildman–Crippen LogP) is 4.06. The van der Waals surface area contributed by atoms with Crippen LogP contribution in [-0.2, 0) is 4.74 Å². The first-order valence-electron chi connectivity index (χ1n) is 8.49. The standard InChI is InChI=1S/C20H18N4O2/c1-2-26-20(25)24-13-11-16(14-21-24)18-17-10-6-7-12-23(17)22-19(18)15-8-4-3-5-9-15/h3-14,16H,2H2,1H3. The van der Waals surface area contributed by atoms with E-state index in [4.69, 9.17) is 9.84 Å². The quantitative estimate of drug-likeness (QED) is 0.719. The summed E-state index contributed by atoms with van der Waals surface area (Å²) in [6.07, 6.45) is 6.76. The van der Waals surface area contributed by atoms with Crippen molar-refractivity contribution in [2.24, 2.45) is 5.10 Å². The molecule has 0 radical (unpaired) electrons. The summed E-state index contributed by atoms with van der Waals surface area (Å²) in [5, 5.41) is 10.2. The van der Waals surface area contributed by atoms with Crippen molar-refractivity contribution in [1.29, 1.82) is 0 Å². The molecule has 3 heterocycles. The average molecular weight is 346 g/mol. The number of carbonyl (C=O) groups is 1. The van der Waals surface area contributed by atoms with Crippen LogP contribution in [0.2, 0.25) is 0 Å². The molecule has 1 aliphatic heterocycles. The van der Waals surface area contributed by atoms with Crippen molar-refractivity contribution in [1.82, 2.24) is 14.6 Å². The third kappa shape index (κ3) is 2.86. The number of benzene rings is 1. The van der Waals surface area contributed by atoms with Crippen molar-refractivity contribution < 1.29 is 9.53 Å². The van der Waals surface area contributed by atoms with E-state index in [1.54, 1.807) is 19.3 Å². The minimum absolute atomic E-state index is 0.0872. The Bertz CT molecular complexity index is 977. The van der Waals surface area contributed by atoms with Gasteiger partial charge in [0.05, 0.1) is 17.8 Å². The maximum Gasteiger partial charge on any atom is 0.434 e. The molecule has 0 N–H and O–H groups in total. The second kappa shape index (κ2) is 6.84. The van der Waals surface area contributed by atoms with Gasteiger partial charge in [-0.3, -0.25) is 0 Å². The molecule has 1 atom stereocenters. The summed E-state index contributed by atoms with van der Waals surface area (Å²) < 4.78 is 6.85. The van der Waals surface area contributed by atoms with Gasteiger partial charge in [0, 0.05) is 35.7 Å². The summed E-state index contributed by atoms with van der Waals surface area (Å²) >= 11 is 0. The molecule has 26 heavy (non-hydrogen) atoms. The Morgan fingerprint density at radius 3 is 2.69 bits per heavy atom. The van der Waals surface area contributed by atoms with Gasteiger partial charge >= 0.3 is 6.09 Å². The van der Waals surface area contributed by atoms with Crippen LogP contribution in [0.3, 0.4) is 0 Å². The number of aromatic nitrogens is 2. The van der Waals surface area contributed by atoms with E-state index in [2.05, 4.69) is 5.10 Å². The summed E-state index contributed by atoms with van der Waals surface area (Å²) in [5.74, 6) is -0.0872. The second-order valence-electron chi connectivity index (χ2n) is 5.83. The third-order valence-electron chi connectivity index (χ3n) is 4.20. The fourth-order valence-electron chi connectivity index (χ4n) is 3.03. The Hall–Kier alpha value is -3.41. The summed E-state index contributed by atoms with van der Waals surface area (Å²) in [7, 11) is 0. The number of hydrogen-bond acceptors (Lipinski definition) is 4. The van der Waals surface area contributed by atoms with E-state index in [9.17, 15) is 4.79 Å². The predicted molar refractivity (Wildman–Crippen MR) is 99.9 cm³/mol. The number of ether oxygens (including phenoxy) is 1. The first-order valence-corrected chi connectivity index (χ1v) is 8.49. The molecule has 0 bridgehead atoms. The molecular formula is C20H18N4O2. The largest absolute Gasteiger partial charge is 0.448 e. The fourth-order valence-corrected chi connectivity index (χ4v) is 3.03. The number of pyridine rings is 1. The maximum atomic E-state index is 11.8. The van der Waals surface area contributed by atoms with Gasteiger partial charge in [-0.2, -0.15) is 15.2 Å². The maximum absolute atomic E-state index is 11.8. The molecule has 1 aromatic carbocycles. The van der Waals surface area contributed by atoms with Crippen LogP contribution in [0.15, 0.2) is 72.1 Å². The van der Waals surface area contributed by atoms with E-state index < -0.39 is 6.09 Å². The lowest BCUT2D eigenvalue weighted by atomic mass is 9.95. The van der Waals surface area contributed by atoms with E-state index in [0.717, 1.165) is 22.3 Å². The Morgan fingerprint density at radius 2 is 1.96 bits per heavy atom. The summed E-state index contributed by atoms with van der Waals surface area (Å²) in [5.41, 5.74) is 4.01. The highest BCUT2D eigenvalue weighted by Crippen LogP contribution is 2.33. The molecule has 130 valence electrons. The molecule has 0 fully saturated rings. The molecule has 1 unspecified atom stereocenters. The monoisotopic (exact) mass is 346 g/mol. The number of nitrogens with zero attached hydrogens (tertiary/aromatic N) is 4. The minimum Gasteiger partial charge on any atom is -0.448 e. The molecule has 1 aliphatic rings. The second-order valence-corrected chi connectivity index (χ2v) is 5.83. The Morgan fingerprint density at radius 1 is 1.15 bits per heavy atom. The van der Waals surface area contributed by atoms with Gasteiger partial charge < -0.3 is 4.74 Å². The molecule has 0 saturated carbocycles. The van der Waals surface area contributed by atoms with Crippen LogP contribution >= 0.6 is 0 Å². The van der Waals surface area contributed by atoms with E-state index in [0.29, 0.717) is 6.61 Å². The van der Waals surface area contributed by atoms with Crippen molar-refractivity contribution >= 4 is 17.8 Å². The van der Waals surface area contributed by atoms with Crippen molar-refractivity contribution in [3.8, 4) is 11.3 Å². The third-order valence-corrected chi connectivity index (χ3v) is 4.20. The first kappa shape index (κ1) is 16.1. The van der Waals surface area contributed by atoms with Gasteiger partial charge in [-0.15, -0.1) is 0 Å². The number of allylic oxidation sites excluding steroid dienone is 1. The number of fused-ring (bicyclic) bond motifs is 1. The number of hydrogen-bond donors (Lipinski definition) is 0. The summed E-state index contributed by atoms with van der Waals surface area (Å²) in [6.45, 7) is 2.08. The average Bonchev–Trinajstić information content (AvgIpc) is 3.08. The molecule has 6 heteroatoms. The highest BCUT2D eigenvalue weighted by molar-refractivity contribution is 5.85. The molecule has 3 aromatic rings. The van der Waals surface area contributed by atoms with Gasteiger partial charge in [-0.25, -0.2) is 9.31 Å². The number of carbonyl (C=O) groups excluding carboxylic acids is 1. The van der Waals surface area contributed by atoms with E-state index in [-0.39, 0.29) is 5.92 Å². The van der Waals surface area contributed by atoms with Crippen LogP contribution in [0.5, 0.6) is 0 Å². The van der Waals surface area contributed by atoms with E-state index in [1.807, 2.05) is 65.3 Å². The van der Waals surface area contributed by atoms with Crippen LogP contribution < -0.4 is 0 Å². The van der Waals surface area contributed by atoms with Crippen molar-refractivity contribution in [2.45, 2.75) is 12.8 Å². The molecule has 0 spiro atoms. The van der Waals surface area contributed by atoms with Gasteiger partial charge in [0.2, 0.25) is 0 Å². The van der Waals surface area contributed by atoms with Gasteiger partial charge in [0.25, 0.3) is 0 Å². The smallest absolute Gasteiger partial charge is 0.434 e. The Kier molecular flexibility index (Phi) is 4.23. The summed E-state index contributed by atoms with van der Waals surface area (Å²) in [4.78, 5) is 11.8. The van der Waals surface area contributed by atoms with Crippen LogP contribution in [0.4, 0.5) is 4.79 Å². The zero-order valence-electron chi connectivity index (χ0n) is 14.3. The van der Waals surface area contributed by atoms with Crippen molar-refractivity contribution in [2.75, 3.05) is 6.61 Å². The van der Waals surface area contributed by atoms with Crippen LogP contribution in [0, 0.1) is 0 Å². The van der Waals surface area contributed by atoms with Gasteiger partial charge in [0.1, 0.15) is 0 Å². The highest BCUT2D eigenvalue weighted by Gasteiger charge is 2.23. The first-order chi connectivity index (χ1) is 12.8. The van der Waals surface area contributed by atoms with Gasteiger partial charge in [-0.1, -0.05) is 42.5 Å². The highest BCUT2D eigenvalue weighted by atomic mass is 16.6. The fraction of sp³-hybridized carbons (Fsp3) is 0.150. The molecule has 0 saturated heterocycles. The Balaban J connectivity index is 1.76. The SMILES string of the molecule is CCOC(=O)N1C=CC(c2c(-c3ccccc3)nn3ccccc23)C=N1. The molecular weight excluding hydrogens is 328 g/mol. The minimum atomic E-state index is -0.485. The number of amides is 1. The molecule has 2 aromatic heterocycles. The van der Waals surface area contributed by atoms with Crippen LogP contribution in [0.25, 0.3) is 16.8 Å². The lowest BCUT2D eigenvalue weighted by Crippen LogP contribution is -2.24. The lowest BCUT2D eigenvalue weighted by Gasteiger charge is -2.18. The Labute approximate surface area is 151 Å². The number of hydrazone groups is 1. The zero-order chi connectivity index (χ0) is 17.9. The van der Waals surface area contributed by atoms with Crippen molar-refractivity contribution in [3.05, 3.63) is 72.6 Å².